The van der Waals surface area contributed by atoms with Gasteiger partial charge in [0.15, 0.2) is 0 Å². The molecule has 9 nitrogen and oxygen atoms in total. The summed E-state index contributed by atoms with van der Waals surface area (Å²) < 4.78 is 0. The molecule has 1 aliphatic heterocycles. The molecule has 1 aliphatic rings. The van der Waals surface area contributed by atoms with Gasteiger partial charge in [-0.3, -0.25) is 25.7 Å². The fourth-order valence-corrected chi connectivity index (χ4v) is 2.84. The Kier molecular flexibility index (Phi) is 5.07. The third kappa shape index (κ3) is 3.94. The summed E-state index contributed by atoms with van der Waals surface area (Å²) in [6, 6.07) is 10.6. The smallest absolute Gasteiger partial charge is 0.270 e. The normalized spacial score (nSPS) is 13.9. The van der Waals surface area contributed by atoms with E-state index in [1.165, 1.54) is 30.5 Å². The zero-order valence-electron chi connectivity index (χ0n) is 13.9. The van der Waals surface area contributed by atoms with Crippen LogP contribution in [-0.2, 0) is 0 Å². The molecule has 0 aliphatic carbocycles. The van der Waals surface area contributed by atoms with E-state index in [-0.39, 0.29) is 11.4 Å². The van der Waals surface area contributed by atoms with Gasteiger partial charge < -0.3 is 4.90 Å². The Morgan fingerprint density at radius 2 is 1.58 bits per heavy atom. The van der Waals surface area contributed by atoms with Crippen molar-refractivity contribution in [1.29, 1.82) is 0 Å². The van der Waals surface area contributed by atoms with E-state index in [0.717, 1.165) is 31.6 Å². The molecular weight excluding hydrogens is 338 g/mol. The SMILES string of the molecule is O=[N+]([O-])c1ccc(N/N=C\c2cc([N+](=O)[O-])ccc2N2CCCC2)cc1. The third-order valence-electron chi connectivity index (χ3n) is 4.14. The maximum absolute atomic E-state index is 11.0. The molecule has 1 saturated heterocycles. The Balaban J connectivity index is 1.80. The first kappa shape index (κ1) is 17.3. The number of anilines is 2. The number of rotatable bonds is 6. The highest BCUT2D eigenvalue weighted by molar-refractivity contribution is 5.89. The van der Waals surface area contributed by atoms with E-state index < -0.39 is 9.85 Å². The number of nitro groups is 2. The molecule has 1 fully saturated rings. The minimum Gasteiger partial charge on any atom is -0.371 e. The van der Waals surface area contributed by atoms with Crippen molar-refractivity contribution in [1.82, 2.24) is 0 Å². The van der Waals surface area contributed by atoms with Crippen LogP contribution >= 0.6 is 0 Å². The molecule has 0 amide bonds. The van der Waals surface area contributed by atoms with Crippen LogP contribution in [0.3, 0.4) is 0 Å². The van der Waals surface area contributed by atoms with Crippen molar-refractivity contribution in [3.63, 3.8) is 0 Å². The van der Waals surface area contributed by atoms with Gasteiger partial charge in [-0.1, -0.05) is 0 Å². The van der Waals surface area contributed by atoms with Gasteiger partial charge in [0, 0.05) is 48.6 Å². The van der Waals surface area contributed by atoms with Crippen molar-refractivity contribution >= 4 is 29.0 Å². The molecule has 0 saturated carbocycles. The Morgan fingerprint density at radius 3 is 2.19 bits per heavy atom. The number of nitrogens with zero attached hydrogens (tertiary/aromatic N) is 4. The summed E-state index contributed by atoms with van der Waals surface area (Å²) in [6.45, 7) is 1.82. The molecule has 26 heavy (non-hydrogen) atoms. The summed E-state index contributed by atoms with van der Waals surface area (Å²) in [6.07, 6.45) is 3.71. The molecule has 1 N–H and O–H groups in total. The van der Waals surface area contributed by atoms with Crippen LogP contribution in [-0.4, -0.2) is 29.2 Å². The van der Waals surface area contributed by atoms with Crippen LogP contribution in [0.25, 0.3) is 0 Å². The lowest BCUT2D eigenvalue weighted by Gasteiger charge is -2.19. The molecule has 0 spiro atoms. The molecule has 3 rings (SSSR count). The molecule has 0 bridgehead atoms. The number of non-ortho nitro benzene ring substituents is 2. The first-order chi connectivity index (χ1) is 12.5. The molecule has 0 radical (unpaired) electrons. The van der Waals surface area contributed by atoms with Gasteiger partial charge in [0.25, 0.3) is 11.4 Å². The van der Waals surface area contributed by atoms with Gasteiger partial charge in [0.2, 0.25) is 0 Å². The number of nitro benzene ring substituents is 2. The Labute approximate surface area is 149 Å². The van der Waals surface area contributed by atoms with E-state index in [1.54, 1.807) is 18.2 Å². The standard InChI is InChI=1S/C17H17N5O4/c23-21(24)15-5-3-14(4-6-15)19-18-12-13-11-16(22(25)26)7-8-17(13)20-9-1-2-10-20/h3-8,11-12,19H,1-2,9-10H2/b18-12-. The summed E-state index contributed by atoms with van der Waals surface area (Å²) in [7, 11) is 0. The highest BCUT2D eigenvalue weighted by atomic mass is 16.6. The second-order valence-corrected chi connectivity index (χ2v) is 5.87. The van der Waals surface area contributed by atoms with Crippen molar-refractivity contribution in [2.45, 2.75) is 12.8 Å². The van der Waals surface area contributed by atoms with E-state index in [1.807, 2.05) is 0 Å². The minimum absolute atomic E-state index is 0.00438. The zero-order valence-corrected chi connectivity index (χ0v) is 13.9. The quantitative estimate of drug-likeness (QED) is 0.481. The first-order valence-electron chi connectivity index (χ1n) is 8.11. The average Bonchev–Trinajstić information content (AvgIpc) is 3.16. The fourth-order valence-electron chi connectivity index (χ4n) is 2.84. The van der Waals surface area contributed by atoms with Crippen molar-refractivity contribution in [2.75, 3.05) is 23.4 Å². The maximum Gasteiger partial charge on any atom is 0.270 e. The highest BCUT2D eigenvalue weighted by Gasteiger charge is 2.17. The predicted molar refractivity (Wildman–Crippen MR) is 98.9 cm³/mol. The number of nitrogens with one attached hydrogen (secondary N) is 1. The zero-order chi connectivity index (χ0) is 18.5. The molecule has 9 heteroatoms. The van der Waals surface area contributed by atoms with E-state index >= 15 is 0 Å². The summed E-state index contributed by atoms with van der Waals surface area (Å²) >= 11 is 0. The number of benzene rings is 2. The summed E-state index contributed by atoms with van der Waals surface area (Å²) in [5.74, 6) is 0. The Bertz CT molecular complexity index is 845. The van der Waals surface area contributed by atoms with Crippen molar-refractivity contribution < 1.29 is 9.85 Å². The van der Waals surface area contributed by atoms with Crippen LogP contribution < -0.4 is 10.3 Å². The lowest BCUT2D eigenvalue weighted by Crippen LogP contribution is -2.19. The van der Waals surface area contributed by atoms with Gasteiger partial charge in [0.05, 0.1) is 21.7 Å². The van der Waals surface area contributed by atoms with Crippen LogP contribution in [0.2, 0.25) is 0 Å². The average molecular weight is 355 g/mol. The molecule has 1 heterocycles. The van der Waals surface area contributed by atoms with E-state index in [0.29, 0.717) is 11.3 Å². The van der Waals surface area contributed by atoms with Crippen molar-refractivity contribution in [3.05, 3.63) is 68.3 Å². The summed E-state index contributed by atoms with van der Waals surface area (Å²) in [4.78, 5) is 23.0. The molecular formula is C17H17N5O4. The summed E-state index contributed by atoms with van der Waals surface area (Å²) in [5, 5.41) is 25.8. The third-order valence-corrected chi connectivity index (χ3v) is 4.14. The highest BCUT2D eigenvalue weighted by Crippen LogP contribution is 2.27. The van der Waals surface area contributed by atoms with Gasteiger partial charge in [-0.05, 0) is 31.0 Å². The maximum atomic E-state index is 11.0. The van der Waals surface area contributed by atoms with Gasteiger partial charge in [0.1, 0.15) is 0 Å². The van der Waals surface area contributed by atoms with Crippen LogP contribution in [0.1, 0.15) is 18.4 Å². The molecule has 0 atom stereocenters. The number of hydrazone groups is 1. The van der Waals surface area contributed by atoms with Crippen LogP contribution in [0.5, 0.6) is 0 Å². The van der Waals surface area contributed by atoms with Gasteiger partial charge in [-0.25, -0.2) is 0 Å². The van der Waals surface area contributed by atoms with Crippen molar-refractivity contribution in [3.8, 4) is 0 Å². The van der Waals surface area contributed by atoms with Crippen molar-refractivity contribution in [2.24, 2.45) is 5.10 Å². The van der Waals surface area contributed by atoms with E-state index in [9.17, 15) is 20.2 Å². The van der Waals surface area contributed by atoms with Gasteiger partial charge in [-0.15, -0.1) is 0 Å². The lowest BCUT2D eigenvalue weighted by atomic mass is 10.1. The molecule has 134 valence electrons. The summed E-state index contributed by atoms with van der Waals surface area (Å²) in [5.41, 5.74) is 4.92. The molecule has 0 aromatic heterocycles. The van der Waals surface area contributed by atoms with E-state index in [4.69, 9.17) is 0 Å². The Hall–Kier alpha value is -3.49. The second kappa shape index (κ2) is 7.60. The van der Waals surface area contributed by atoms with Gasteiger partial charge >= 0.3 is 0 Å². The minimum atomic E-state index is -0.474. The topological polar surface area (TPSA) is 114 Å². The van der Waals surface area contributed by atoms with Crippen LogP contribution in [0.15, 0.2) is 47.6 Å². The predicted octanol–water partition coefficient (Wildman–Crippen LogP) is 3.55. The van der Waals surface area contributed by atoms with Crippen LogP contribution in [0, 0.1) is 20.2 Å². The largest absolute Gasteiger partial charge is 0.371 e. The van der Waals surface area contributed by atoms with Crippen LogP contribution in [0.4, 0.5) is 22.7 Å². The Morgan fingerprint density at radius 1 is 0.962 bits per heavy atom. The molecule has 2 aromatic carbocycles. The molecule has 0 unspecified atom stereocenters. The number of hydrogen-bond acceptors (Lipinski definition) is 7. The first-order valence-corrected chi connectivity index (χ1v) is 8.11. The number of hydrogen-bond donors (Lipinski definition) is 1. The van der Waals surface area contributed by atoms with E-state index in [2.05, 4.69) is 15.4 Å². The monoisotopic (exact) mass is 355 g/mol. The second-order valence-electron chi connectivity index (χ2n) is 5.87. The fraction of sp³-hybridized carbons (Fsp3) is 0.235. The lowest BCUT2D eigenvalue weighted by molar-refractivity contribution is -0.385. The van der Waals surface area contributed by atoms with Gasteiger partial charge in [-0.2, -0.15) is 5.10 Å². The molecule has 2 aromatic rings.